The number of nitrogens with zero attached hydrogens (tertiary/aromatic N) is 6. The van der Waals surface area contributed by atoms with Crippen molar-refractivity contribution in [3.05, 3.63) is 71.3 Å². The predicted molar refractivity (Wildman–Crippen MR) is 211 cm³/mol. The van der Waals surface area contributed by atoms with Gasteiger partial charge in [0.1, 0.15) is 35.6 Å². The molecule has 0 radical (unpaired) electrons. The molecule has 13 nitrogen and oxygen atoms in total. The number of ether oxygens (including phenoxy) is 1. The molecule has 1 atom stereocenters. The number of ketones is 2. The van der Waals surface area contributed by atoms with Crippen LogP contribution in [0.25, 0.3) is 0 Å². The second-order valence-electron chi connectivity index (χ2n) is 15.1. The van der Waals surface area contributed by atoms with Crippen LogP contribution in [0.2, 0.25) is 0 Å². The number of pyridine rings is 1. The van der Waals surface area contributed by atoms with Crippen LogP contribution in [-0.2, 0) is 31.8 Å². The summed E-state index contributed by atoms with van der Waals surface area (Å²) in [5.41, 5.74) is -3.14. The normalized spacial score (nSPS) is 18.9. The number of alkyl halides is 5. The highest BCUT2D eigenvalue weighted by molar-refractivity contribution is 7.81. The van der Waals surface area contributed by atoms with Gasteiger partial charge < -0.3 is 20.3 Å². The maximum absolute atomic E-state index is 14.4. The van der Waals surface area contributed by atoms with Crippen molar-refractivity contribution in [2.75, 3.05) is 66.3 Å². The number of aromatic nitrogens is 1. The second-order valence-corrected chi connectivity index (χ2v) is 15.4. The van der Waals surface area contributed by atoms with E-state index in [9.17, 15) is 45.5 Å². The molecular weight excluding hydrogens is 819 g/mol. The fourth-order valence-corrected chi connectivity index (χ4v) is 7.86. The van der Waals surface area contributed by atoms with Crippen LogP contribution in [0.15, 0.2) is 48.7 Å². The minimum Gasteiger partial charge on any atom is -0.492 e. The SMILES string of the molecule is CC1(C)C(=O)N(c2cnc(C#N)c(C(F)(F)F)c2)C(=S)N1c1ccc(OCCN2CCN(CC(=O)Nc3cc(F)cc(NC4CCC(=O)CC4=O)c3)CC2)c(CC(F)F)c1. The number of nitriles is 1. The molecule has 3 aromatic rings. The predicted octanol–water partition coefficient (Wildman–Crippen LogP) is 5.57. The summed E-state index contributed by atoms with van der Waals surface area (Å²) in [6.45, 7) is 5.74. The number of carbonyl (C=O) groups excluding carboxylic acids is 4. The Kier molecular flexibility index (Phi) is 13.1. The summed E-state index contributed by atoms with van der Waals surface area (Å²) in [6.07, 6.45) is -7.08. The van der Waals surface area contributed by atoms with Crippen LogP contribution in [0.1, 0.15) is 49.9 Å². The first-order valence-corrected chi connectivity index (χ1v) is 19.3. The summed E-state index contributed by atoms with van der Waals surface area (Å²) < 4.78 is 89.2. The van der Waals surface area contributed by atoms with Gasteiger partial charge in [0, 0.05) is 68.2 Å². The molecule has 0 bridgehead atoms. The van der Waals surface area contributed by atoms with E-state index in [0.29, 0.717) is 50.9 Å². The van der Waals surface area contributed by atoms with Crippen molar-refractivity contribution in [1.29, 1.82) is 5.26 Å². The van der Waals surface area contributed by atoms with Crippen LogP contribution < -0.4 is 25.2 Å². The summed E-state index contributed by atoms with van der Waals surface area (Å²) in [7, 11) is 0. The second kappa shape index (κ2) is 17.9. The van der Waals surface area contributed by atoms with Gasteiger partial charge in [-0.05, 0) is 75.0 Å². The zero-order valence-electron chi connectivity index (χ0n) is 32.5. The number of hydrogen-bond acceptors (Lipinski definition) is 11. The van der Waals surface area contributed by atoms with Crippen molar-refractivity contribution in [3.8, 4) is 11.8 Å². The lowest BCUT2D eigenvalue weighted by Crippen LogP contribution is -2.49. The molecule has 1 saturated carbocycles. The van der Waals surface area contributed by atoms with Gasteiger partial charge in [-0.1, -0.05) is 0 Å². The Hall–Kier alpha value is -5.65. The number of thiocarbonyl (C=S) groups is 1. The van der Waals surface area contributed by atoms with Crippen LogP contribution in [-0.4, -0.2) is 107 Å². The van der Waals surface area contributed by atoms with E-state index in [-0.39, 0.29) is 77.0 Å². The first-order chi connectivity index (χ1) is 28.3. The lowest BCUT2D eigenvalue weighted by atomic mass is 9.93. The first-order valence-electron chi connectivity index (χ1n) is 18.9. The molecule has 2 amide bonds. The van der Waals surface area contributed by atoms with Crippen LogP contribution >= 0.6 is 12.2 Å². The maximum atomic E-state index is 14.4. The molecule has 3 heterocycles. The molecule has 1 aromatic heterocycles. The molecule has 2 aromatic carbocycles. The van der Waals surface area contributed by atoms with E-state index >= 15 is 0 Å². The summed E-state index contributed by atoms with van der Waals surface area (Å²) in [6, 6.07) is 9.67. The van der Waals surface area contributed by atoms with Gasteiger partial charge in [0.2, 0.25) is 12.3 Å². The molecule has 318 valence electrons. The number of Topliss-reactive ketones (excluding diaryl/α,β-unsaturated/α-hetero) is 2. The van der Waals surface area contributed by atoms with Crippen LogP contribution in [0.3, 0.4) is 0 Å². The van der Waals surface area contributed by atoms with Crippen molar-refractivity contribution in [3.63, 3.8) is 0 Å². The molecule has 0 spiro atoms. The molecule has 60 heavy (non-hydrogen) atoms. The smallest absolute Gasteiger partial charge is 0.419 e. The maximum Gasteiger partial charge on any atom is 0.419 e. The minimum atomic E-state index is -4.94. The fourth-order valence-electron chi connectivity index (χ4n) is 7.34. The Bertz CT molecular complexity index is 2230. The summed E-state index contributed by atoms with van der Waals surface area (Å²) in [4.78, 5) is 60.1. The van der Waals surface area contributed by atoms with Crippen molar-refractivity contribution in [1.82, 2.24) is 14.8 Å². The molecule has 2 N–H and O–H groups in total. The number of carbonyl (C=O) groups is 4. The van der Waals surface area contributed by atoms with Gasteiger partial charge in [-0.25, -0.2) is 18.2 Å². The lowest BCUT2D eigenvalue weighted by Gasteiger charge is -2.34. The van der Waals surface area contributed by atoms with E-state index in [1.54, 1.807) is 0 Å². The highest BCUT2D eigenvalue weighted by Gasteiger charge is 2.51. The van der Waals surface area contributed by atoms with E-state index in [0.717, 1.165) is 11.1 Å². The van der Waals surface area contributed by atoms with Gasteiger partial charge in [-0.3, -0.25) is 33.9 Å². The van der Waals surface area contributed by atoms with Gasteiger partial charge >= 0.3 is 6.18 Å². The Labute approximate surface area is 346 Å². The quantitative estimate of drug-likeness (QED) is 0.126. The average Bonchev–Trinajstić information content (AvgIpc) is 3.34. The van der Waals surface area contributed by atoms with Gasteiger partial charge in [0.15, 0.2) is 16.6 Å². The van der Waals surface area contributed by atoms with E-state index < -0.39 is 53.6 Å². The van der Waals surface area contributed by atoms with E-state index in [4.69, 9.17) is 22.2 Å². The van der Waals surface area contributed by atoms with Crippen LogP contribution in [0.5, 0.6) is 5.75 Å². The monoisotopic (exact) mass is 858 g/mol. The van der Waals surface area contributed by atoms with Crippen molar-refractivity contribution < 1.29 is 50.3 Å². The Balaban J connectivity index is 1.03. The molecular formula is C40H40F6N8O5S. The Morgan fingerprint density at radius 3 is 2.40 bits per heavy atom. The van der Waals surface area contributed by atoms with Gasteiger partial charge in [0.05, 0.1) is 36.5 Å². The number of amides is 2. The molecule has 3 aliphatic rings. The molecule has 20 heteroatoms. The molecule has 3 fully saturated rings. The zero-order valence-corrected chi connectivity index (χ0v) is 33.3. The Morgan fingerprint density at radius 2 is 1.73 bits per heavy atom. The third-order valence-corrected chi connectivity index (χ3v) is 10.7. The zero-order chi connectivity index (χ0) is 43.5. The van der Waals surface area contributed by atoms with Crippen molar-refractivity contribution >= 4 is 63.5 Å². The molecule has 6 rings (SSSR count). The third kappa shape index (κ3) is 10.0. The summed E-state index contributed by atoms with van der Waals surface area (Å²) in [5.74, 6) is -1.91. The van der Waals surface area contributed by atoms with Crippen molar-refractivity contribution in [2.45, 2.75) is 63.7 Å². The van der Waals surface area contributed by atoms with Crippen LogP contribution in [0.4, 0.5) is 49.1 Å². The number of anilines is 4. The summed E-state index contributed by atoms with van der Waals surface area (Å²) in [5, 5.41) is 14.6. The lowest BCUT2D eigenvalue weighted by molar-refractivity contribution is -0.138. The number of piperazine rings is 1. The number of nitrogens with one attached hydrogen (secondary N) is 2. The van der Waals surface area contributed by atoms with Gasteiger partial charge in [0.25, 0.3) is 5.91 Å². The molecule has 1 unspecified atom stereocenters. The largest absolute Gasteiger partial charge is 0.492 e. The highest BCUT2D eigenvalue weighted by atomic mass is 32.1. The van der Waals surface area contributed by atoms with E-state index in [1.807, 2.05) is 4.90 Å². The average molecular weight is 859 g/mol. The molecule has 2 aliphatic heterocycles. The standard InChI is InChI=1S/C40H40F6N8O5S/c1-39(2)37(58)53(28-18-30(40(44,45)46)32(20-47)48-21-28)38(60)54(39)27-3-6-34(23(13-27)14-35(42)43)59-12-11-51-7-9-52(10-8-51)22-36(57)50-26-16-24(41)15-25(17-26)49-31-5-4-29(55)19-33(31)56/h3,6,13,15-18,21,31,35,49H,4-5,7-12,14,19,22H2,1-2H3,(H,50,57). The van der Waals surface area contributed by atoms with Crippen LogP contribution in [0, 0.1) is 17.1 Å². The number of halogens is 6. The first kappa shape index (κ1) is 43.9. The molecule has 1 aliphatic carbocycles. The van der Waals surface area contributed by atoms with Crippen molar-refractivity contribution in [2.24, 2.45) is 0 Å². The number of benzene rings is 2. The Morgan fingerprint density at radius 1 is 1.03 bits per heavy atom. The minimum absolute atomic E-state index is 0.0374. The topological polar surface area (TPSA) is 151 Å². The fraction of sp³-hybridized carbons (Fsp3) is 0.425. The van der Waals surface area contributed by atoms with Gasteiger partial charge in [-0.2, -0.15) is 18.4 Å². The van der Waals surface area contributed by atoms with Gasteiger partial charge in [-0.15, -0.1) is 0 Å². The van der Waals surface area contributed by atoms with E-state index in [2.05, 4.69) is 20.5 Å². The molecule has 2 saturated heterocycles. The summed E-state index contributed by atoms with van der Waals surface area (Å²) >= 11 is 5.57. The highest BCUT2D eigenvalue weighted by Crippen LogP contribution is 2.40. The number of hydrogen-bond donors (Lipinski definition) is 2. The third-order valence-electron chi connectivity index (χ3n) is 10.4. The van der Waals surface area contributed by atoms with E-state index in [1.165, 1.54) is 61.2 Å². The number of rotatable bonds is 13.